The summed E-state index contributed by atoms with van der Waals surface area (Å²) in [4.78, 5) is 13.7. The first-order chi connectivity index (χ1) is 8.87. The maximum absolute atomic E-state index is 12.1. The van der Waals surface area contributed by atoms with E-state index in [1.807, 2.05) is 12.1 Å². The van der Waals surface area contributed by atoms with Gasteiger partial charge in [0.25, 0.3) is 5.91 Å². The molecule has 0 atom stereocenters. The van der Waals surface area contributed by atoms with Crippen LogP contribution in [0.3, 0.4) is 0 Å². The molecular formula is C15H21NO3. The summed E-state index contributed by atoms with van der Waals surface area (Å²) < 4.78 is 5.57. The van der Waals surface area contributed by atoms with Gasteiger partial charge in [-0.3, -0.25) is 4.79 Å². The molecule has 4 heteroatoms. The van der Waals surface area contributed by atoms with Crippen molar-refractivity contribution in [3.05, 3.63) is 29.8 Å². The maximum atomic E-state index is 12.1. The van der Waals surface area contributed by atoms with Crippen LogP contribution in [0.15, 0.2) is 24.3 Å². The first-order valence-electron chi connectivity index (χ1n) is 6.62. The van der Waals surface area contributed by atoms with Gasteiger partial charge >= 0.3 is 0 Å². The SMILES string of the molecule is CC(C)COc1ccc(C(=O)N2CC(C)(O)C2)cc1. The molecule has 0 spiro atoms. The Morgan fingerprint density at radius 3 is 2.42 bits per heavy atom. The molecule has 1 aliphatic rings. The third-order valence-corrected chi connectivity index (χ3v) is 3.03. The zero-order valence-corrected chi connectivity index (χ0v) is 11.7. The second-order valence-corrected chi connectivity index (χ2v) is 5.89. The van der Waals surface area contributed by atoms with Gasteiger partial charge in [-0.1, -0.05) is 13.8 Å². The molecule has 19 heavy (non-hydrogen) atoms. The van der Waals surface area contributed by atoms with E-state index in [2.05, 4.69) is 13.8 Å². The Bertz CT molecular complexity index is 443. The van der Waals surface area contributed by atoms with E-state index in [9.17, 15) is 9.90 Å². The number of ether oxygens (including phenoxy) is 1. The molecule has 0 bridgehead atoms. The van der Waals surface area contributed by atoms with Gasteiger partial charge in [0.05, 0.1) is 25.3 Å². The quantitative estimate of drug-likeness (QED) is 0.903. The molecule has 2 rings (SSSR count). The normalized spacial score (nSPS) is 17.2. The summed E-state index contributed by atoms with van der Waals surface area (Å²) in [5, 5.41) is 9.63. The number of carbonyl (C=O) groups is 1. The van der Waals surface area contributed by atoms with Crippen molar-refractivity contribution >= 4 is 5.91 Å². The Morgan fingerprint density at radius 2 is 1.95 bits per heavy atom. The van der Waals surface area contributed by atoms with Crippen molar-refractivity contribution in [1.82, 2.24) is 4.90 Å². The number of amides is 1. The van der Waals surface area contributed by atoms with Gasteiger partial charge in [0.2, 0.25) is 0 Å². The lowest BCUT2D eigenvalue weighted by Gasteiger charge is -2.44. The van der Waals surface area contributed by atoms with Crippen LogP contribution in [0.5, 0.6) is 5.75 Å². The summed E-state index contributed by atoms with van der Waals surface area (Å²) in [6, 6.07) is 7.16. The molecule has 0 aliphatic carbocycles. The van der Waals surface area contributed by atoms with E-state index in [0.717, 1.165) is 5.75 Å². The van der Waals surface area contributed by atoms with Gasteiger partial charge in [-0.2, -0.15) is 0 Å². The van der Waals surface area contributed by atoms with E-state index in [4.69, 9.17) is 4.74 Å². The second kappa shape index (κ2) is 5.21. The van der Waals surface area contributed by atoms with Crippen LogP contribution >= 0.6 is 0 Å². The number of nitrogens with zero attached hydrogens (tertiary/aromatic N) is 1. The first-order valence-corrected chi connectivity index (χ1v) is 6.62. The predicted octanol–water partition coefficient (Wildman–Crippen LogP) is 1.93. The summed E-state index contributed by atoms with van der Waals surface area (Å²) in [6.45, 7) is 7.39. The van der Waals surface area contributed by atoms with Crippen molar-refractivity contribution in [3.8, 4) is 5.75 Å². The standard InChI is InChI=1S/C15H21NO3/c1-11(2)8-19-13-6-4-12(5-7-13)14(17)16-9-15(3,18)10-16/h4-7,11,18H,8-10H2,1-3H3. The van der Waals surface area contributed by atoms with E-state index in [-0.39, 0.29) is 5.91 Å². The van der Waals surface area contributed by atoms with E-state index in [1.165, 1.54) is 0 Å². The van der Waals surface area contributed by atoms with Crippen molar-refractivity contribution in [2.45, 2.75) is 26.4 Å². The average molecular weight is 263 g/mol. The fourth-order valence-corrected chi connectivity index (χ4v) is 2.06. The van der Waals surface area contributed by atoms with Gasteiger partial charge in [-0.05, 0) is 37.1 Å². The van der Waals surface area contributed by atoms with Crippen LogP contribution in [-0.4, -0.2) is 41.2 Å². The fourth-order valence-electron chi connectivity index (χ4n) is 2.06. The predicted molar refractivity (Wildman–Crippen MR) is 73.3 cm³/mol. The Labute approximate surface area is 114 Å². The summed E-state index contributed by atoms with van der Waals surface area (Å²) in [5.74, 6) is 1.22. The molecular weight excluding hydrogens is 242 g/mol. The minimum absolute atomic E-state index is 0.0399. The molecule has 0 unspecified atom stereocenters. The highest BCUT2D eigenvalue weighted by molar-refractivity contribution is 5.95. The molecule has 1 aliphatic heterocycles. The highest BCUT2D eigenvalue weighted by Crippen LogP contribution is 2.23. The van der Waals surface area contributed by atoms with E-state index >= 15 is 0 Å². The van der Waals surface area contributed by atoms with Crippen molar-refractivity contribution in [2.75, 3.05) is 19.7 Å². The summed E-state index contributed by atoms with van der Waals surface area (Å²) in [6.07, 6.45) is 0. The number of likely N-dealkylation sites (tertiary alicyclic amines) is 1. The molecule has 104 valence electrons. The second-order valence-electron chi connectivity index (χ2n) is 5.89. The Kier molecular flexibility index (Phi) is 3.80. The molecule has 0 radical (unpaired) electrons. The van der Waals surface area contributed by atoms with Crippen molar-refractivity contribution in [3.63, 3.8) is 0 Å². The lowest BCUT2D eigenvalue weighted by Crippen LogP contribution is -2.61. The van der Waals surface area contributed by atoms with Crippen LogP contribution in [0.2, 0.25) is 0 Å². The summed E-state index contributed by atoms with van der Waals surface area (Å²) >= 11 is 0. The van der Waals surface area contributed by atoms with Crippen LogP contribution < -0.4 is 4.74 Å². The van der Waals surface area contributed by atoms with Crippen molar-refractivity contribution in [2.24, 2.45) is 5.92 Å². The molecule has 4 nitrogen and oxygen atoms in total. The zero-order chi connectivity index (χ0) is 14.0. The smallest absolute Gasteiger partial charge is 0.254 e. The minimum atomic E-state index is -0.726. The summed E-state index contributed by atoms with van der Waals surface area (Å²) in [5.41, 5.74) is -0.0944. The molecule has 0 aromatic heterocycles. The van der Waals surface area contributed by atoms with E-state index in [0.29, 0.717) is 31.2 Å². The zero-order valence-electron chi connectivity index (χ0n) is 11.7. The van der Waals surface area contributed by atoms with Gasteiger partial charge in [0.1, 0.15) is 5.75 Å². The van der Waals surface area contributed by atoms with Gasteiger partial charge in [-0.25, -0.2) is 0 Å². The number of rotatable bonds is 4. The molecule has 1 aromatic rings. The van der Waals surface area contributed by atoms with Crippen LogP contribution in [0.1, 0.15) is 31.1 Å². The molecule has 1 N–H and O–H groups in total. The minimum Gasteiger partial charge on any atom is -0.493 e. The highest BCUT2D eigenvalue weighted by atomic mass is 16.5. The number of benzene rings is 1. The summed E-state index contributed by atoms with van der Waals surface area (Å²) in [7, 11) is 0. The third kappa shape index (κ3) is 3.47. The number of carbonyl (C=O) groups excluding carboxylic acids is 1. The number of hydrogen-bond acceptors (Lipinski definition) is 3. The molecule has 1 heterocycles. The van der Waals surface area contributed by atoms with E-state index < -0.39 is 5.60 Å². The highest BCUT2D eigenvalue weighted by Gasteiger charge is 2.39. The van der Waals surface area contributed by atoms with Crippen LogP contribution in [0, 0.1) is 5.92 Å². The molecule has 0 saturated carbocycles. The van der Waals surface area contributed by atoms with Gasteiger partial charge in [0.15, 0.2) is 0 Å². The average Bonchev–Trinajstić information content (AvgIpc) is 2.33. The van der Waals surface area contributed by atoms with Gasteiger partial charge in [-0.15, -0.1) is 0 Å². The first kappa shape index (κ1) is 13.9. The topological polar surface area (TPSA) is 49.8 Å². The molecule has 1 amide bonds. The Hall–Kier alpha value is -1.55. The van der Waals surface area contributed by atoms with Crippen LogP contribution in [0.25, 0.3) is 0 Å². The molecule has 1 fully saturated rings. The van der Waals surface area contributed by atoms with Crippen LogP contribution in [-0.2, 0) is 0 Å². The van der Waals surface area contributed by atoms with Crippen molar-refractivity contribution < 1.29 is 14.6 Å². The van der Waals surface area contributed by atoms with E-state index in [1.54, 1.807) is 24.0 Å². The monoisotopic (exact) mass is 263 g/mol. The lowest BCUT2D eigenvalue weighted by atomic mass is 9.96. The largest absolute Gasteiger partial charge is 0.493 e. The molecule has 1 saturated heterocycles. The Morgan fingerprint density at radius 1 is 1.37 bits per heavy atom. The number of aliphatic hydroxyl groups is 1. The molecule has 1 aromatic carbocycles. The number of hydrogen-bond donors (Lipinski definition) is 1. The van der Waals surface area contributed by atoms with Gasteiger partial charge < -0.3 is 14.7 Å². The fraction of sp³-hybridized carbons (Fsp3) is 0.533. The lowest BCUT2D eigenvalue weighted by molar-refractivity contribution is -0.0668. The third-order valence-electron chi connectivity index (χ3n) is 3.03. The van der Waals surface area contributed by atoms with Crippen molar-refractivity contribution in [1.29, 1.82) is 0 Å². The van der Waals surface area contributed by atoms with Gasteiger partial charge in [0, 0.05) is 5.56 Å². The Balaban J connectivity index is 1.93. The van der Waals surface area contributed by atoms with Crippen LogP contribution in [0.4, 0.5) is 0 Å². The number of β-amino-alcohol motifs (C(OH)–C–C–N with tert-alkyl or cyclic N) is 1. The maximum Gasteiger partial charge on any atom is 0.254 e.